The highest BCUT2D eigenvalue weighted by molar-refractivity contribution is 5.74. The van der Waals surface area contributed by atoms with Crippen LogP contribution in [0, 0.1) is 0 Å². The molecule has 1 aliphatic rings. The molecule has 16 heteroatoms. The number of rotatable bonds is 15. The highest BCUT2D eigenvalue weighted by Gasteiger charge is 2.53. The molecule has 16 nitrogen and oxygen atoms in total. The molecule has 246 valence electrons. The van der Waals surface area contributed by atoms with E-state index in [4.69, 9.17) is 33.6 Å². The SMILES string of the molecule is CC(=O)OC[C@H]1O[C@@H](Oc2ccc(-c3cn(CCCCCCC(=O)NO)nn3)cc2)[C@H](OC(C)=O)[C@@H](OC(C)=O)[C@@H]1OC(C)=O. The molecule has 1 aromatic heterocycles. The van der Waals surface area contributed by atoms with Gasteiger partial charge in [-0.2, -0.15) is 0 Å². The quantitative estimate of drug-likeness (QED) is 0.0944. The number of ether oxygens (including phenoxy) is 6. The minimum atomic E-state index is -1.35. The molecule has 0 saturated carbocycles. The largest absolute Gasteiger partial charge is 0.463 e. The number of carbonyl (C=O) groups excluding carboxylic acids is 5. The van der Waals surface area contributed by atoms with E-state index in [0.29, 0.717) is 24.4 Å². The van der Waals surface area contributed by atoms with Gasteiger partial charge in [0, 0.05) is 46.2 Å². The summed E-state index contributed by atoms with van der Waals surface area (Å²) >= 11 is 0. The standard InChI is InChI=1S/C29H38N4O12/c1-17(34)40-16-24-26(41-18(2)35)27(42-19(3)36)28(43-20(4)37)29(45-24)44-22-12-10-21(11-13-22)23-15-33(32-30-23)14-8-6-5-7-9-25(38)31-39/h10-13,15,24,26-29,39H,5-9,14,16H2,1-4H3,(H,31,38)/t24-,26-,27+,28-,29-/m1/s1. The van der Waals surface area contributed by atoms with E-state index in [0.717, 1.165) is 45.6 Å². The Morgan fingerprint density at radius 1 is 0.844 bits per heavy atom. The van der Waals surface area contributed by atoms with E-state index in [1.807, 2.05) is 0 Å². The Hall–Kier alpha value is -4.57. The van der Waals surface area contributed by atoms with Crippen molar-refractivity contribution in [3.63, 3.8) is 0 Å². The summed E-state index contributed by atoms with van der Waals surface area (Å²) in [6.07, 6.45) is -1.13. The molecule has 1 aromatic carbocycles. The van der Waals surface area contributed by atoms with Crippen LogP contribution >= 0.6 is 0 Å². The molecule has 0 aliphatic carbocycles. The van der Waals surface area contributed by atoms with Crippen LogP contribution in [0.2, 0.25) is 0 Å². The summed E-state index contributed by atoms with van der Waals surface area (Å²) in [6.45, 7) is 4.89. The number of aryl methyl sites for hydroxylation is 1. The lowest BCUT2D eigenvalue weighted by Gasteiger charge is -2.43. The smallest absolute Gasteiger partial charge is 0.303 e. The van der Waals surface area contributed by atoms with Crippen LogP contribution in [-0.2, 0) is 54.2 Å². The third kappa shape index (κ3) is 11.1. The number of nitrogens with one attached hydrogen (secondary N) is 1. The first-order valence-electron chi connectivity index (χ1n) is 14.4. The Labute approximate surface area is 259 Å². The molecule has 2 heterocycles. The van der Waals surface area contributed by atoms with Crippen molar-refractivity contribution < 1.29 is 57.6 Å². The van der Waals surface area contributed by atoms with E-state index in [1.54, 1.807) is 40.6 Å². The molecule has 1 amide bonds. The van der Waals surface area contributed by atoms with E-state index in [1.165, 1.54) is 6.92 Å². The number of hydroxylamine groups is 1. The Bertz CT molecular complexity index is 1310. The van der Waals surface area contributed by atoms with Crippen LogP contribution in [0.1, 0.15) is 59.8 Å². The third-order valence-corrected chi connectivity index (χ3v) is 6.55. The van der Waals surface area contributed by atoms with E-state index < -0.39 is 60.5 Å². The van der Waals surface area contributed by atoms with Crippen molar-refractivity contribution >= 4 is 29.8 Å². The number of nitrogens with zero attached hydrogens (tertiary/aromatic N) is 3. The van der Waals surface area contributed by atoms with Gasteiger partial charge < -0.3 is 28.4 Å². The second-order valence-electron chi connectivity index (χ2n) is 10.3. The maximum Gasteiger partial charge on any atom is 0.303 e. The zero-order valence-electron chi connectivity index (χ0n) is 25.5. The van der Waals surface area contributed by atoms with Gasteiger partial charge in [0.05, 0.1) is 6.20 Å². The van der Waals surface area contributed by atoms with E-state index >= 15 is 0 Å². The normalized spacial score (nSPS) is 20.9. The predicted octanol–water partition coefficient (Wildman–Crippen LogP) is 1.86. The van der Waals surface area contributed by atoms with Gasteiger partial charge in [-0.05, 0) is 37.1 Å². The van der Waals surface area contributed by atoms with Gasteiger partial charge in [0.25, 0.3) is 0 Å². The lowest BCUT2D eigenvalue weighted by Crippen LogP contribution is -2.63. The van der Waals surface area contributed by atoms with Crippen LogP contribution in [0.4, 0.5) is 0 Å². The van der Waals surface area contributed by atoms with Crippen molar-refractivity contribution in [2.75, 3.05) is 6.61 Å². The first-order valence-corrected chi connectivity index (χ1v) is 14.4. The summed E-state index contributed by atoms with van der Waals surface area (Å²) in [6, 6.07) is 6.73. The first kappa shape index (κ1) is 34.9. The average molecular weight is 635 g/mol. The van der Waals surface area contributed by atoms with E-state index in [2.05, 4.69) is 10.3 Å². The minimum Gasteiger partial charge on any atom is -0.463 e. The number of unbranched alkanes of at least 4 members (excludes halogenated alkanes) is 3. The summed E-state index contributed by atoms with van der Waals surface area (Å²) in [4.78, 5) is 58.5. The molecular formula is C29H38N4O12. The monoisotopic (exact) mass is 634 g/mol. The molecule has 45 heavy (non-hydrogen) atoms. The number of carbonyl (C=O) groups is 5. The van der Waals surface area contributed by atoms with Gasteiger partial charge in [-0.3, -0.25) is 33.9 Å². The summed E-state index contributed by atoms with van der Waals surface area (Å²) in [5.74, 6) is -2.94. The Kier molecular flexibility index (Phi) is 13.2. The molecule has 1 fully saturated rings. The summed E-state index contributed by atoms with van der Waals surface area (Å²) in [7, 11) is 0. The molecular weight excluding hydrogens is 596 g/mol. The Balaban J connectivity index is 1.72. The molecule has 3 rings (SSSR count). The van der Waals surface area contributed by atoms with Crippen molar-refractivity contribution in [2.24, 2.45) is 0 Å². The number of esters is 4. The fourth-order valence-corrected chi connectivity index (χ4v) is 4.63. The fraction of sp³-hybridized carbons (Fsp3) is 0.552. The van der Waals surface area contributed by atoms with Crippen LogP contribution in [0.3, 0.4) is 0 Å². The minimum absolute atomic E-state index is 0.275. The van der Waals surface area contributed by atoms with Crippen LogP contribution in [0.15, 0.2) is 30.5 Å². The fourth-order valence-electron chi connectivity index (χ4n) is 4.63. The molecule has 0 unspecified atom stereocenters. The first-order chi connectivity index (χ1) is 21.5. The molecule has 1 aliphatic heterocycles. The predicted molar refractivity (Wildman–Crippen MR) is 151 cm³/mol. The molecule has 2 aromatic rings. The summed E-state index contributed by atoms with van der Waals surface area (Å²) in [5.41, 5.74) is 2.98. The van der Waals surface area contributed by atoms with Gasteiger partial charge in [0.2, 0.25) is 18.3 Å². The zero-order valence-corrected chi connectivity index (χ0v) is 25.5. The van der Waals surface area contributed by atoms with E-state index in [9.17, 15) is 24.0 Å². The molecule has 0 radical (unpaired) electrons. The maximum absolute atomic E-state index is 12.0. The van der Waals surface area contributed by atoms with Crippen LogP contribution in [0.25, 0.3) is 11.3 Å². The van der Waals surface area contributed by atoms with Crippen molar-refractivity contribution in [1.29, 1.82) is 0 Å². The van der Waals surface area contributed by atoms with Crippen molar-refractivity contribution in [1.82, 2.24) is 20.5 Å². The number of aromatic nitrogens is 3. The Morgan fingerprint density at radius 2 is 1.47 bits per heavy atom. The third-order valence-electron chi connectivity index (χ3n) is 6.55. The number of benzene rings is 1. The topological polar surface area (TPSA) is 204 Å². The highest BCUT2D eigenvalue weighted by atomic mass is 16.7. The Morgan fingerprint density at radius 3 is 2.09 bits per heavy atom. The van der Waals surface area contributed by atoms with Gasteiger partial charge in [-0.15, -0.1) is 5.10 Å². The second-order valence-corrected chi connectivity index (χ2v) is 10.3. The second kappa shape index (κ2) is 17.1. The number of hydrogen-bond donors (Lipinski definition) is 2. The average Bonchev–Trinajstić information content (AvgIpc) is 3.45. The van der Waals surface area contributed by atoms with Gasteiger partial charge in [-0.1, -0.05) is 18.1 Å². The van der Waals surface area contributed by atoms with Crippen LogP contribution < -0.4 is 10.2 Å². The molecule has 0 bridgehead atoms. The number of amides is 1. The maximum atomic E-state index is 12.0. The van der Waals surface area contributed by atoms with Crippen molar-refractivity contribution in [3.8, 4) is 17.0 Å². The number of hydrogen-bond acceptors (Lipinski definition) is 14. The van der Waals surface area contributed by atoms with Gasteiger partial charge in [-0.25, -0.2) is 5.48 Å². The van der Waals surface area contributed by atoms with Gasteiger partial charge in [0.15, 0.2) is 12.2 Å². The van der Waals surface area contributed by atoms with Crippen LogP contribution in [0.5, 0.6) is 5.75 Å². The summed E-state index contributed by atoms with van der Waals surface area (Å²) < 4.78 is 35.0. The lowest BCUT2D eigenvalue weighted by atomic mass is 9.98. The van der Waals surface area contributed by atoms with Crippen molar-refractivity contribution in [3.05, 3.63) is 30.5 Å². The van der Waals surface area contributed by atoms with Gasteiger partial charge >= 0.3 is 23.9 Å². The van der Waals surface area contributed by atoms with E-state index in [-0.39, 0.29) is 13.0 Å². The highest BCUT2D eigenvalue weighted by Crippen LogP contribution is 2.31. The molecule has 0 spiro atoms. The van der Waals surface area contributed by atoms with Crippen LogP contribution in [-0.4, -0.2) is 87.3 Å². The molecule has 2 N–H and O–H groups in total. The van der Waals surface area contributed by atoms with Gasteiger partial charge in [0.1, 0.15) is 24.2 Å². The summed E-state index contributed by atoms with van der Waals surface area (Å²) in [5, 5.41) is 16.9. The lowest BCUT2D eigenvalue weighted by molar-refractivity contribution is -0.288. The molecule has 5 atom stereocenters. The molecule has 1 saturated heterocycles. The zero-order chi connectivity index (χ0) is 32.9. The van der Waals surface area contributed by atoms with Crippen molar-refractivity contribution in [2.45, 2.75) is 97.0 Å².